The third-order valence-electron chi connectivity index (χ3n) is 5.95. The Balaban J connectivity index is 1.45. The Bertz CT molecular complexity index is 1530. The highest BCUT2D eigenvalue weighted by Gasteiger charge is 2.20. The molecule has 0 fully saturated rings. The maximum Gasteiger partial charge on any atom is 0.281 e. The molecule has 0 bridgehead atoms. The lowest BCUT2D eigenvalue weighted by atomic mass is 10.1. The molecule has 0 aliphatic carbocycles. The highest BCUT2D eigenvalue weighted by molar-refractivity contribution is 6.19. The van der Waals surface area contributed by atoms with Gasteiger partial charge >= 0.3 is 0 Å². The first-order chi connectivity index (χ1) is 17.6. The molecule has 5 rings (SSSR count). The number of benzene rings is 4. The molecule has 0 atom stereocenters. The van der Waals surface area contributed by atoms with Gasteiger partial charge in [0.15, 0.2) is 6.61 Å². The molecule has 0 saturated heterocycles. The van der Waals surface area contributed by atoms with Gasteiger partial charge in [0.25, 0.3) is 5.91 Å². The van der Waals surface area contributed by atoms with Gasteiger partial charge in [-0.25, -0.2) is 5.48 Å². The van der Waals surface area contributed by atoms with Crippen molar-refractivity contribution in [2.24, 2.45) is 5.73 Å². The van der Waals surface area contributed by atoms with E-state index in [4.69, 9.17) is 15.3 Å². The number of fused-ring (bicyclic) bond motifs is 3. The molecule has 7 nitrogen and oxygen atoms in total. The van der Waals surface area contributed by atoms with Crippen LogP contribution in [0.4, 0.5) is 0 Å². The number of nitrogens with two attached hydrogens (primary N) is 1. The van der Waals surface area contributed by atoms with Crippen molar-refractivity contribution in [2.45, 2.75) is 13.2 Å². The van der Waals surface area contributed by atoms with E-state index in [0.29, 0.717) is 23.2 Å². The molecule has 0 aliphatic rings. The van der Waals surface area contributed by atoms with Gasteiger partial charge in [0.1, 0.15) is 5.75 Å². The van der Waals surface area contributed by atoms with Gasteiger partial charge in [0.05, 0.1) is 23.0 Å². The van der Waals surface area contributed by atoms with Crippen molar-refractivity contribution < 1.29 is 19.2 Å². The molecule has 1 aromatic heterocycles. The lowest BCUT2D eigenvalue weighted by Crippen LogP contribution is -2.28. The molecule has 180 valence electrons. The van der Waals surface area contributed by atoms with Gasteiger partial charge in [-0.05, 0) is 35.4 Å². The zero-order valence-electron chi connectivity index (χ0n) is 19.5. The second-order valence-electron chi connectivity index (χ2n) is 8.37. The molecular weight excluding hydrogens is 454 g/mol. The van der Waals surface area contributed by atoms with Crippen molar-refractivity contribution in [3.63, 3.8) is 0 Å². The number of nitrogens with one attached hydrogen (secondary N) is 1. The number of hydrogen-bond donors (Lipinski definition) is 2. The van der Waals surface area contributed by atoms with Crippen molar-refractivity contribution in [3.8, 4) is 5.75 Å². The summed E-state index contributed by atoms with van der Waals surface area (Å²) in [5.74, 6) is -0.469. The first kappa shape index (κ1) is 23.1. The molecule has 4 aromatic carbocycles. The predicted octanol–water partition coefficient (Wildman–Crippen LogP) is 4.57. The standard InChI is InChI=1S/C29H25N3O4/c30-29(34)22-13-7-14-23-27(22)28-24(32(23)17-20-9-3-1-4-10-20)15-8-16-25(28)35-19-26(33)31-36-18-21-11-5-2-6-12-21/h1-16H,17-19H2,(H2,30,34)(H,31,33). The molecule has 0 aliphatic heterocycles. The Morgan fingerprint density at radius 2 is 1.39 bits per heavy atom. The van der Waals surface area contributed by atoms with E-state index in [9.17, 15) is 9.59 Å². The quantitative estimate of drug-likeness (QED) is 0.303. The van der Waals surface area contributed by atoms with Crippen LogP contribution in [0.5, 0.6) is 5.75 Å². The summed E-state index contributed by atoms with van der Waals surface area (Å²) >= 11 is 0. The predicted molar refractivity (Wildman–Crippen MR) is 138 cm³/mol. The Labute approximate surface area is 208 Å². The van der Waals surface area contributed by atoms with Gasteiger partial charge in [-0.2, -0.15) is 0 Å². The van der Waals surface area contributed by atoms with Crippen LogP contribution >= 0.6 is 0 Å². The van der Waals surface area contributed by atoms with Crippen molar-refractivity contribution >= 4 is 33.6 Å². The van der Waals surface area contributed by atoms with Gasteiger partial charge in [0, 0.05) is 17.5 Å². The van der Waals surface area contributed by atoms with E-state index in [1.807, 2.05) is 72.8 Å². The SMILES string of the molecule is NC(=O)c1cccc2c1c1c(OCC(=O)NOCc3ccccc3)cccc1n2Cc1ccccc1. The molecular formula is C29H25N3O4. The number of amides is 2. The lowest BCUT2D eigenvalue weighted by molar-refractivity contribution is -0.136. The Morgan fingerprint density at radius 3 is 2.08 bits per heavy atom. The van der Waals surface area contributed by atoms with E-state index in [0.717, 1.165) is 27.5 Å². The normalized spacial score (nSPS) is 11.0. The number of ether oxygens (including phenoxy) is 1. The molecule has 2 amide bonds. The fourth-order valence-corrected chi connectivity index (χ4v) is 4.36. The molecule has 3 N–H and O–H groups in total. The fraction of sp³-hybridized carbons (Fsp3) is 0.103. The van der Waals surface area contributed by atoms with E-state index >= 15 is 0 Å². The summed E-state index contributed by atoms with van der Waals surface area (Å²) < 4.78 is 8.06. The summed E-state index contributed by atoms with van der Waals surface area (Å²) in [4.78, 5) is 30.0. The summed E-state index contributed by atoms with van der Waals surface area (Å²) in [6.45, 7) is 0.593. The van der Waals surface area contributed by atoms with Crippen LogP contribution in [0.3, 0.4) is 0 Å². The van der Waals surface area contributed by atoms with Gasteiger partial charge in [-0.15, -0.1) is 0 Å². The van der Waals surface area contributed by atoms with Gasteiger partial charge < -0.3 is 15.0 Å². The van der Waals surface area contributed by atoms with Crippen LogP contribution in [0.25, 0.3) is 21.8 Å². The molecule has 36 heavy (non-hydrogen) atoms. The van der Waals surface area contributed by atoms with Crippen LogP contribution in [0.15, 0.2) is 97.1 Å². The van der Waals surface area contributed by atoms with Crippen LogP contribution in [0.2, 0.25) is 0 Å². The zero-order valence-corrected chi connectivity index (χ0v) is 19.5. The minimum absolute atomic E-state index is 0.247. The van der Waals surface area contributed by atoms with Gasteiger partial charge in [-0.3, -0.25) is 14.4 Å². The molecule has 0 spiro atoms. The lowest BCUT2D eigenvalue weighted by Gasteiger charge is -2.10. The van der Waals surface area contributed by atoms with E-state index in [-0.39, 0.29) is 13.2 Å². The summed E-state index contributed by atoms with van der Waals surface area (Å²) in [5, 5.41) is 1.43. The van der Waals surface area contributed by atoms with Crippen molar-refractivity contribution in [1.29, 1.82) is 0 Å². The number of primary amides is 1. The molecule has 5 aromatic rings. The smallest absolute Gasteiger partial charge is 0.281 e. The third-order valence-corrected chi connectivity index (χ3v) is 5.95. The highest BCUT2D eigenvalue weighted by Crippen LogP contribution is 2.38. The van der Waals surface area contributed by atoms with Crippen molar-refractivity contribution in [2.75, 3.05) is 6.61 Å². The molecule has 0 unspecified atom stereocenters. The van der Waals surface area contributed by atoms with Gasteiger partial charge in [-0.1, -0.05) is 72.8 Å². The van der Waals surface area contributed by atoms with Crippen molar-refractivity contribution in [1.82, 2.24) is 10.0 Å². The van der Waals surface area contributed by atoms with Crippen LogP contribution in [0, 0.1) is 0 Å². The van der Waals surface area contributed by atoms with Crippen LogP contribution in [0.1, 0.15) is 21.5 Å². The Kier molecular flexibility index (Phi) is 6.64. The minimum Gasteiger partial charge on any atom is -0.483 e. The number of hydrogen-bond acceptors (Lipinski definition) is 4. The summed E-state index contributed by atoms with van der Waals surface area (Å²) in [6, 6.07) is 30.7. The molecule has 0 saturated carbocycles. The highest BCUT2D eigenvalue weighted by atomic mass is 16.7. The topological polar surface area (TPSA) is 95.6 Å². The van der Waals surface area contributed by atoms with E-state index in [2.05, 4.69) is 22.2 Å². The first-order valence-corrected chi connectivity index (χ1v) is 11.6. The van der Waals surface area contributed by atoms with E-state index in [1.165, 1.54) is 0 Å². The monoisotopic (exact) mass is 479 g/mol. The van der Waals surface area contributed by atoms with Crippen LogP contribution in [-0.4, -0.2) is 23.0 Å². The summed E-state index contributed by atoms with van der Waals surface area (Å²) in [6.07, 6.45) is 0. The minimum atomic E-state index is -0.527. The second kappa shape index (κ2) is 10.3. The number of rotatable bonds is 9. The van der Waals surface area contributed by atoms with E-state index < -0.39 is 11.8 Å². The largest absolute Gasteiger partial charge is 0.483 e. The number of aromatic nitrogens is 1. The van der Waals surface area contributed by atoms with Crippen LogP contribution in [-0.2, 0) is 22.8 Å². The number of carbonyl (C=O) groups excluding carboxylic acids is 2. The molecule has 7 heteroatoms. The number of carbonyl (C=O) groups is 2. The van der Waals surface area contributed by atoms with E-state index in [1.54, 1.807) is 12.1 Å². The molecule has 1 heterocycles. The Hall–Kier alpha value is -4.62. The third kappa shape index (κ3) is 4.78. The number of hydroxylamine groups is 1. The summed E-state index contributed by atoms with van der Waals surface area (Å²) in [7, 11) is 0. The Morgan fingerprint density at radius 1 is 0.750 bits per heavy atom. The first-order valence-electron chi connectivity index (χ1n) is 11.6. The maximum absolute atomic E-state index is 12.4. The fourth-order valence-electron chi connectivity index (χ4n) is 4.36. The van der Waals surface area contributed by atoms with Crippen LogP contribution < -0.4 is 16.0 Å². The average Bonchev–Trinajstić information content (AvgIpc) is 3.22. The average molecular weight is 480 g/mol. The maximum atomic E-state index is 12.4. The van der Waals surface area contributed by atoms with Crippen molar-refractivity contribution in [3.05, 3.63) is 114 Å². The molecule has 0 radical (unpaired) electrons. The summed E-state index contributed by atoms with van der Waals surface area (Å²) in [5.41, 5.74) is 12.3. The zero-order chi connectivity index (χ0) is 24.9. The number of nitrogens with zero attached hydrogens (tertiary/aromatic N) is 1. The van der Waals surface area contributed by atoms with Gasteiger partial charge in [0.2, 0.25) is 5.91 Å². The second-order valence-corrected chi connectivity index (χ2v) is 8.37.